The summed E-state index contributed by atoms with van der Waals surface area (Å²) in [6, 6.07) is 3.65. The number of carbonyl (C=O) groups excluding carboxylic acids is 1. The average Bonchev–Trinajstić information content (AvgIpc) is 2.90. The van der Waals surface area contributed by atoms with Gasteiger partial charge in [0, 0.05) is 31.5 Å². The van der Waals surface area contributed by atoms with E-state index in [-0.39, 0.29) is 17.9 Å². The molecule has 0 radical (unpaired) electrons. The van der Waals surface area contributed by atoms with E-state index < -0.39 is 10.2 Å². The molecule has 1 amide bonds. The van der Waals surface area contributed by atoms with Crippen molar-refractivity contribution in [2.45, 2.75) is 32.2 Å². The van der Waals surface area contributed by atoms with Gasteiger partial charge in [-0.1, -0.05) is 0 Å². The topological polar surface area (TPSA) is 106 Å². The molecule has 21 heavy (non-hydrogen) atoms. The third-order valence-corrected chi connectivity index (χ3v) is 4.75. The first-order chi connectivity index (χ1) is 9.86. The molecule has 0 unspecified atom stereocenters. The van der Waals surface area contributed by atoms with E-state index in [0.29, 0.717) is 32.4 Å². The first-order valence-electron chi connectivity index (χ1n) is 6.97. The third-order valence-electron chi connectivity index (χ3n) is 3.66. The fraction of sp³-hybridized carbons (Fsp3) is 0.615. The second-order valence-electron chi connectivity index (χ2n) is 5.41. The van der Waals surface area contributed by atoms with E-state index >= 15 is 0 Å². The molecule has 1 aromatic rings. The van der Waals surface area contributed by atoms with Crippen molar-refractivity contribution in [3.8, 4) is 0 Å². The van der Waals surface area contributed by atoms with Gasteiger partial charge in [0.15, 0.2) is 0 Å². The maximum absolute atomic E-state index is 12.2. The standard InChI is InChI=1S/C13H21N3O4S/c1-10(9-12-3-2-8-20-12)15-13(17)11-4-6-16(7-5-11)21(14,18)19/h2-3,8,10-11H,4-7,9H2,1H3,(H,15,17)(H2,14,18,19)/t10-/m0/s1. The van der Waals surface area contributed by atoms with Gasteiger partial charge in [-0.05, 0) is 31.9 Å². The predicted octanol–water partition coefficient (Wildman–Crippen LogP) is 0.242. The summed E-state index contributed by atoms with van der Waals surface area (Å²) in [7, 11) is -3.64. The van der Waals surface area contributed by atoms with Crippen LogP contribution in [0.3, 0.4) is 0 Å². The maximum Gasteiger partial charge on any atom is 0.276 e. The Morgan fingerprint density at radius 2 is 2.19 bits per heavy atom. The highest BCUT2D eigenvalue weighted by atomic mass is 32.2. The van der Waals surface area contributed by atoms with Crippen LogP contribution < -0.4 is 10.5 Å². The number of nitrogens with one attached hydrogen (secondary N) is 1. The molecule has 0 bridgehead atoms. The van der Waals surface area contributed by atoms with Gasteiger partial charge in [-0.25, -0.2) is 5.14 Å². The number of nitrogens with two attached hydrogens (primary N) is 1. The van der Waals surface area contributed by atoms with E-state index in [9.17, 15) is 13.2 Å². The van der Waals surface area contributed by atoms with E-state index in [2.05, 4.69) is 5.32 Å². The molecule has 1 aliphatic rings. The lowest BCUT2D eigenvalue weighted by Gasteiger charge is -2.29. The van der Waals surface area contributed by atoms with Crippen LogP contribution in [0.15, 0.2) is 22.8 Å². The van der Waals surface area contributed by atoms with Gasteiger partial charge >= 0.3 is 0 Å². The first-order valence-corrected chi connectivity index (χ1v) is 8.47. The van der Waals surface area contributed by atoms with Gasteiger partial charge in [0.1, 0.15) is 5.76 Å². The molecule has 0 spiro atoms. The predicted molar refractivity (Wildman–Crippen MR) is 77.4 cm³/mol. The molecule has 1 saturated heterocycles. The highest BCUT2D eigenvalue weighted by molar-refractivity contribution is 7.86. The summed E-state index contributed by atoms with van der Waals surface area (Å²) in [5.74, 6) is 0.622. The third kappa shape index (κ3) is 4.55. The fourth-order valence-corrected chi connectivity index (χ4v) is 3.23. The Kier molecular flexibility index (Phi) is 5.02. The average molecular weight is 315 g/mol. The fourth-order valence-electron chi connectivity index (χ4n) is 2.51. The lowest BCUT2D eigenvalue weighted by Crippen LogP contribution is -2.46. The van der Waals surface area contributed by atoms with E-state index in [1.54, 1.807) is 6.26 Å². The molecular formula is C13H21N3O4S. The summed E-state index contributed by atoms with van der Waals surface area (Å²) >= 11 is 0. The maximum atomic E-state index is 12.2. The number of furan rings is 1. The Hall–Kier alpha value is -1.38. The monoisotopic (exact) mass is 315 g/mol. The number of hydrogen-bond donors (Lipinski definition) is 2. The minimum atomic E-state index is -3.64. The molecule has 7 nitrogen and oxygen atoms in total. The van der Waals surface area contributed by atoms with Crippen LogP contribution in [0.25, 0.3) is 0 Å². The molecule has 0 aliphatic carbocycles. The number of nitrogens with zero attached hydrogens (tertiary/aromatic N) is 1. The Morgan fingerprint density at radius 1 is 1.52 bits per heavy atom. The van der Waals surface area contributed by atoms with Gasteiger partial charge in [-0.3, -0.25) is 4.79 Å². The summed E-state index contributed by atoms with van der Waals surface area (Å²) < 4.78 is 28.9. The largest absolute Gasteiger partial charge is 0.469 e. The Balaban J connectivity index is 1.79. The number of carbonyl (C=O) groups is 1. The second kappa shape index (κ2) is 6.59. The highest BCUT2D eigenvalue weighted by Gasteiger charge is 2.29. The quantitative estimate of drug-likeness (QED) is 0.812. The van der Waals surface area contributed by atoms with Crippen molar-refractivity contribution in [3.05, 3.63) is 24.2 Å². The Labute approximate surface area is 124 Å². The summed E-state index contributed by atoms with van der Waals surface area (Å²) in [6.45, 7) is 2.51. The van der Waals surface area contributed by atoms with E-state index in [0.717, 1.165) is 5.76 Å². The van der Waals surface area contributed by atoms with Crippen LogP contribution in [0, 0.1) is 5.92 Å². The van der Waals surface area contributed by atoms with Crippen LogP contribution in [-0.4, -0.2) is 37.8 Å². The molecule has 0 saturated carbocycles. The van der Waals surface area contributed by atoms with Crippen molar-refractivity contribution in [2.75, 3.05) is 13.1 Å². The van der Waals surface area contributed by atoms with E-state index in [4.69, 9.17) is 9.56 Å². The van der Waals surface area contributed by atoms with Crippen molar-refractivity contribution in [2.24, 2.45) is 11.1 Å². The molecule has 2 heterocycles. The van der Waals surface area contributed by atoms with Gasteiger partial charge in [0.2, 0.25) is 5.91 Å². The zero-order chi connectivity index (χ0) is 15.5. The van der Waals surface area contributed by atoms with Gasteiger partial charge < -0.3 is 9.73 Å². The molecule has 1 atom stereocenters. The van der Waals surface area contributed by atoms with Crippen molar-refractivity contribution in [3.63, 3.8) is 0 Å². The Morgan fingerprint density at radius 3 is 2.71 bits per heavy atom. The van der Waals surface area contributed by atoms with Crippen LogP contribution in [0.5, 0.6) is 0 Å². The van der Waals surface area contributed by atoms with Crippen LogP contribution in [0.2, 0.25) is 0 Å². The molecule has 2 rings (SSSR count). The van der Waals surface area contributed by atoms with Crippen molar-refractivity contribution in [1.29, 1.82) is 0 Å². The van der Waals surface area contributed by atoms with Gasteiger partial charge in [-0.2, -0.15) is 12.7 Å². The number of piperidine rings is 1. The molecule has 118 valence electrons. The minimum absolute atomic E-state index is 0.0279. The normalized spacial score (nSPS) is 19.3. The molecular weight excluding hydrogens is 294 g/mol. The molecule has 1 aromatic heterocycles. The van der Waals surface area contributed by atoms with Crippen molar-refractivity contribution < 1.29 is 17.6 Å². The van der Waals surface area contributed by atoms with Crippen LogP contribution in [0.1, 0.15) is 25.5 Å². The number of amides is 1. The van der Waals surface area contributed by atoms with Crippen LogP contribution >= 0.6 is 0 Å². The molecule has 3 N–H and O–H groups in total. The lowest BCUT2D eigenvalue weighted by atomic mass is 9.96. The van der Waals surface area contributed by atoms with Crippen LogP contribution in [0.4, 0.5) is 0 Å². The summed E-state index contributed by atoms with van der Waals surface area (Å²) in [4.78, 5) is 12.2. The number of hydrogen-bond acceptors (Lipinski definition) is 4. The van der Waals surface area contributed by atoms with Gasteiger partial charge in [0.25, 0.3) is 10.2 Å². The van der Waals surface area contributed by atoms with Crippen LogP contribution in [-0.2, 0) is 21.4 Å². The minimum Gasteiger partial charge on any atom is -0.469 e. The van der Waals surface area contributed by atoms with Crippen molar-refractivity contribution in [1.82, 2.24) is 9.62 Å². The first kappa shape index (κ1) is 16.0. The molecule has 1 aliphatic heterocycles. The summed E-state index contributed by atoms with van der Waals surface area (Å²) in [5, 5.41) is 8.02. The molecule has 0 aromatic carbocycles. The van der Waals surface area contributed by atoms with E-state index in [1.807, 2.05) is 19.1 Å². The lowest BCUT2D eigenvalue weighted by molar-refractivity contribution is -0.126. The summed E-state index contributed by atoms with van der Waals surface area (Å²) in [5.41, 5.74) is 0. The van der Waals surface area contributed by atoms with Gasteiger partial charge in [0.05, 0.1) is 6.26 Å². The Bertz CT molecular complexity index is 562. The highest BCUT2D eigenvalue weighted by Crippen LogP contribution is 2.19. The van der Waals surface area contributed by atoms with E-state index in [1.165, 1.54) is 4.31 Å². The smallest absolute Gasteiger partial charge is 0.276 e. The molecule has 8 heteroatoms. The zero-order valence-corrected chi connectivity index (χ0v) is 12.8. The van der Waals surface area contributed by atoms with Gasteiger partial charge in [-0.15, -0.1) is 0 Å². The SMILES string of the molecule is C[C@@H](Cc1ccco1)NC(=O)C1CCN(S(N)(=O)=O)CC1. The second-order valence-corrected chi connectivity index (χ2v) is 6.96. The molecule has 1 fully saturated rings. The zero-order valence-electron chi connectivity index (χ0n) is 12.0. The number of rotatable bonds is 5. The summed E-state index contributed by atoms with van der Waals surface area (Å²) in [6.07, 6.45) is 3.23. The van der Waals surface area contributed by atoms with Crippen molar-refractivity contribution >= 4 is 16.1 Å².